The molecular weight excluding hydrogens is 270 g/mol. The molecule has 1 amide bonds. The summed E-state index contributed by atoms with van der Waals surface area (Å²) in [6.45, 7) is 4.65. The normalized spacial score (nSPS) is 31.1. The number of rotatable bonds is 1. The zero-order valence-electron chi connectivity index (χ0n) is 8.68. The fraction of sp³-hybridized carbons (Fsp3) is 0.333. The molecule has 8 heteroatoms. The number of carbonyl (C=O) groups is 2. The van der Waals surface area contributed by atoms with Crippen LogP contribution in [0, 0.1) is 0 Å². The van der Waals surface area contributed by atoms with Gasteiger partial charge >= 0.3 is 5.97 Å². The molecule has 1 fully saturated rings. The minimum absolute atomic E-state index is 0.0364. The van der Waals surface area contributed by atoms with Gasteiger partial charge in [-0.15, -0.1) is 11.6 Å². The highest BCUT2D eigenvalue weighted by atomic mass is 35.5. The Balaban J connectivity index is 2.71. The molecule has 0 spiro atoms. The van der Waals surface area contributed by atoms with Crippen molar-refractivity contribution in [2.45, 2.75) is 17.7 Å². The van der Waals surface area contributed by atoms with E-state index in [2.05, 4.69) is 6.58 Å². The van der Waals surface area contributed by atoms with Crippen molar-refractivity contribution in [3.63, 3.8) is 0 Å². The standard InChI is InChI=1S/C9H8ClNO5S/c1-3-4(2)17(15,16)8-5(10)7(12)11(8)6(3)9(13)14/h5,8H,2H2,1H3,(H,13,14)/t5-,8-/m0/s1. The van der Waals surface area contributed by atoms with Crippen molar-refractivity contribution < 1.29 is 23.1 Å². The van der Waals surface area contributed by atoms with Gasteiger partial charge in [-0.25, -0.2) is 13.2 Å². The maximum absolute atomic E-state index is 11.9. The van der Waals surface area contributed by atoms with Crippen LogP contribution in [0.15, 0.2) is 22.8 Å². The molecule has 2 aliphatic rings. The molecule has 2 rings (SSSR count). The average molecular weight is 278 g/mol. The van der Waals surface area contributed by atoms with Crippen molar-refractivity contribution in [3.8, 4) is 0 Å². The number of sulfone groups is 1. The molecule has 0 radical (unpaired) electrons. The number of allylic oxidation sites excluding steroid dienone is 1. The van der Waals surface area contributed by atoms with Gasteiger partial charge in [0.2, 0.25) is 15.7 Å². The van der Waals surface area contributed by atoms with E-state index in [1.807, 2.05) is 0 Å². The van der Waals surface area contributed by atoms with E-state index in [9.17, 15) is 18.0 Å². The second-order valence-electron chi connectivity index (χ2n) is 3.75. The van der Waals surface area contributed by atoms with Gasteiger partial charge in [0.1, 0.15) is 11.1 Å². The van der Waals surface area contributed by atoms with Crippen LogP contribution in [0.1, 0.15) is 6.92 Å². The average Bonchev–Trinajstić information content (AvgIpc) is 2.24. The first-order chi connectivity index (χ1) is 7.71. The number of amides is 1. The number of carboxylic acids is 1. The topological polar surface area (TPSA) is 91.8 Å². The molecule has 0 aromatic carbocycles. The molecule has 0 aromatic heterocycles. The Kier molecular flexibility index (Phi) is 2.38. The fourth-order valence-electron chi connectivity index (χ4n) is 1.90. The number of halogens is 1. The van der Waals surface area contributed by atoms with Gasteiger partial charge in [0.15, 0.2) is 5.37 Å². The zero-order valence-corrected chi connectivity index (χ0v) is 10.2. The lowest BCUT2D eigenvalue weighted by atomic mass is 10.1. The molecule has 2 atom stereocenters. The third kappa shape index (κ3) is 1.29. The summed E-state index contributed by atoms with van der Waals surface area (Å²) in [4.78, 5) is 22.9. The Labute approximate surface area is 102 Å². The van der Waals surface area contributed by atoms with Crippen LogP contribution in [0.25, 0.3) is 0 Å². The first-order valence-corrected chi connectivity index (χ1v) is 6.54. The zero-order chi connectivity index (χ0) is 13.1. The van der Waals surface area contributed by atoms with Gasteiger partial charge in [-0.2, -0.15) is 0 Å². The molecule has 1 saturated heterocycles. The van der Waals surface area contributed by atoms with Gasteiger partial charge in [-0.05, 0) is 12.5 Å². The van der Waals surface area contributed by atoms with E-state index >= 15 is 0 Å². The maximum Gasteiger partial charge on any atom is 0.352 e. The Morgan fingerprint density at radius 1 is 1.53 bits per heavy atom. The lowest BCUT2D eigenvalue weighted by Crippen LogP contribution is -2.67. The van der Waals surface area contributed by atoms with Gasteiger partial charge in [0.25, 0.3) is 0 Å². The number of carbonyl (C=O) groups excluding carboxylic acids is 1. The monoisotopic (exact) mass is 277 g/mol. The van der Waals surface area contributed by atoms with E-state index in [4.69, 9.17) is 16.7 Å². The first-order valence-electron chi connectivity index (χ1n) is 4.55. The Morgan fingerprint density at radius 3 is 2.53 bits per heavy atom. The molecule has 17 heavy (non-hydrogen) atoms. The second kappa shape index (κ2) is 3.33. The SMILES string of the molecule is C=C1C(C)=C(C(=O)O)N2C(=O)[C@H](Cl)[C@@H]2S1(=O)=O. The molecule has 0 aliphatic carbocycles. The van der Waals surface area contributed by atoms with Gasteiger partial charge in [-0.1, -0.05) is 6.58 Å². The summed E-state index contributed by atoms with van der Waals surface area (Å²) in [5.41, 5.74) is -0.401. The highest BCUT2D eigenvalue weighted by molar-refractivity contribution is 7.96. The van der Waals surface area contributed by atoms with Crippen LogP contribution in [0.2, 0.25) is 0 Å². The van der Waals surface area contributed by atoms with Crippen LogP contribution in [0.4, 0.5) is 0 Å². The number of hydrogen-bond donors (Lipinski definition) is 1. The number of aliphatic carboxylic acids is 1. The Bertz CT molecular complexity index is 591. The van der Waals surface area contributed by atoms with Gasteiger partial charge in [0.05, 0.1) is 4.91 Å². The van der Waals surface area contributed by atoms with Crippen LogP contribution in [0.3, 0.4) is 0 Å². The predicted molar refractivity (Wildman–Crippen MR) is 58.7 cm³/mol. The van der Waals surface area contributed by atoms with Crippen molar-refractivity contribution in [2.24, 2.45) is 0 Å². The van der Waals surface area contributed by atoms with E-state index in [0.29, 0.717) is 4.90 Å². The highest BCUT2D eigenvalue weighted by Gasteiger charge is 2.60. The third-order valence-corrected chi connectivity index (χ3v) is 5.54. The molecule has 6 nitrogen and oxygen atoms in total. The molecule has 2 aliphatic heterocycles. The number of nitrogens with zero attached hydrogens (tertiary/aromatic N) is 1. The molecule has 2 heterocycles. The van der Waals surface area contributed by atoms with Gasteiger partial charge < -0.3 is 5.11 Å². The minimum Gasteiger partial charge on any atom is -0.477 e. The number of carboxylic acid groups (broad SMARTS) is 1. The quantitative estimate of drug-likeness (QED) is 0.541. The van der Waals surface area contributed by atoms with Crippen LogP contribution in [-0.2, 0) is 19.4 Å². The van der Waals surface area contributed by atoms with Crippen LogP contribution in [0.5, 0.6) is 0 Å². The lowest BCUT2D eigenvalue weighted by molar-refractivity contribution is -0.145. The van der Waals surface area contributed by atoms with Crippen molar-refractivity contribution >= 4 is 33.3 Å². The number of fused-ring (bicyclic) bond motifs is 1. The predicted octanol–water partition coefficient (Wildman–Crippen LogP) is 0.0628. The van der Waals surface area contributed by atoms with Gasteiger partial charge in [-0.3, -0.25) is 9.69 Å². The van der Waals surface area contributed by atoms with E-state index in [1.54, 1.807) is 0 Å². The van der Waals surface area contributed by atoms with Crippen molar-refractivity contribution in [1.82, 2.24) is 4.90 Å². The van der Waals surface area contributed by atoms with Crippen LogP contribution < -0.4 is 0 Å². The molecule has 0 unspecified atom stereocenters. The minimum atomic E-state index is -3.84. The summed E-state index contributed by atoms with van der Waals surface area (Å²) in [5, 5.41) is 6.39. The molecular formula is C9H8ClNO5S. The molecule has 1 N–H and O–H groups in total. The highest BCUT2D eigenvalue weighted by Crippen LogP contribution is 2.43. The summed E-state index contributed by atoms with van der Waals surface area (Å²) in [7, 11) is -3.84. The molecule has 0 aromatic rings. The molecule has 0 saturated carbocycles. The number of hydrogen-bond acceptors (Lipinski definition) is 4. The van der Waals surface area contributed by atoms with Crippen molar-refractivity contribution in [1.29, 1.82) is 0 Å². The summed E-state index contributed by atoms with van der Waals surface area (Å²) in [6, 6.07) is 0. The van der Waals surface area contributed by atoms with Crippen molar-refractivity contribution in [3.05, 3.63) is 22.8 Å². The Hall–Kier alpha value is -1.34. The van der Waals surface area contributed by atoms with Gasteiger partial charge in [0, 0.05) is 0 Å². The smallest absolute Gasteiger partial charge is 0.352 e. The fourth-order valence-corrected chi connectivity index (χ4v) is 4.25. The van der Waals surface area contributed by atoms with E-state index in [1.165, 1.54) is 6.92 Å². The summed E-state index contributed by atoms with van der Waals surface area (Å²) in [5.74, 6) is -2.09. The molecule has 92 valence electrons. The van der Waals surface area contributed by atoms with Crippen LogP contribution >= 0.6 is 11.6 Å². The Morgan fingerprint density at radius 2 is 2.06 bits per heavy atom. The lowest BCUT2D eigenvalue weighted by Gasteiger charge is -2.46. The summed E-state index contributed by atoms with van der Waals surface area (Å²) >= 11 is 5.61. The van der Waals surface area contributed by atoms with Crippen LogP contribution in [-0.4, -0.2) is 41.1 Å². The largest absolute Gasteiger partial charge is 0.477 e. The number of alkyl halides is 1. The summed E-state index contributed by atoms with van der Waals surface area (Å²) in [6.07, 6.45) is 0. The van der Waals surface area contributed by atoms with E-state index < -0.39 is 32.5 Å². The molecule has 0 bridgehead atoms. The number of β-lactam (4-membered cyclic amide) rings is 1. The summed E-state index contributed by atoms with van der Waals surface area (Å²) < 4.78 is 23.8. The first kappa shape index (κ1) is 12.1. The third-order valence-electron chi connectivity index (χ3n) is 2.86. The van der Waals surface area contributed by atoms with E-state index in [-0.39, 0.29) is 16.2 Å². The maximum atomic E-state index is 11.9. The second-order valence-corrected chi connectivity index (χ2v) is 6.28. The van der Waals surface area contributed by atoms with Crippen molar-refractivity contribution in [2.75, 3.05) is 0 Å². The van der Waals surface area contributed by atoms with E-state index in [0.717, 1.165) is 0 Å².